The molecule has 0 aliphatic heterocycles. The van der Waals surface area contributed by atoms with Gasteiger partial charge in [0.1, 0.15) is 11.8 Å². The summed E-state index contributed by atoms with van der Waals surface area (Å²) in [7, 11) is 0. The molecule has 3 aromatic rings. The summed E-state index contributed by atoms with van der Waals surface area (Å²) >= 11 is 1.55. The quantitative estimate of drug-likeness (QED) is 0.303. The van der Waals surface area contributed by atoms with Gasteiger partial charge in [-0.3, -0.25) is 19.7 Å². The molecule has 0 saturated heterocycles. The fourth-order valence-electron chi connectivity index (χ4n) is 3.43. The number of hydrogen-bond acceptors (Lipinski definition) is 7. The minimum Gasteiger partial charge on any atom is -0.490 e. The van der Waals surface area contributed by atoms with Gasteiger partial charge in [0.25, 0.3) is 11.6 Å². The van der Waals surface area contributed by atoms with Crippen LogP contribution in [-0.2, 0) is 4.79 Å². The second-order valence-electron chi connectivity index (χ2n) is 7.60. The maximum absolute atomic E-state index is 13.0. The number of hydrogen-bond donors (Lipinski definition) is 2. The number of fused-ring (bicyclic) bond motifs is 1. The normalized spacial score (nSPS) is 12.7. The standard InChI is InChI=1S/C24H27N3O6S/c1-4-32-20-10-6-7-16-14-21(33-22(16)20)15(2)25-24(29)19(11-12-34-3)26-23(28)17-8-5-9-18(13-17)27(30)31/h5-10,13-15,19H,4,11-12H2,1-3H3,(H,25,29)(H,26,28). The lowest BCUT2D eigenvalue weighted by atomic mass is 10.1. The number of para-hydroxylation sites is 1. The molecule has 0 aliphatic rings. The van der Waals surface area contributed by atoms with Gasteiger partial charge in [0, 0.05) is 23.1 Å². The third-order valence-electron chi connectivity index (χ3n) is 5.16. The van der Waals surface area contributed by atoms with Gasteiger partial charge in [0.2, 0.25) is 5.91 Å². The van der Waals surface area contributed by atoms with Gasteiger partial charge in [0.05, 0.1) is 17.6 Å². The molecule has 0 saturated carbocycles. The van der Waals surface area contributed by atoms with Gasteiger partial charge in [0.15, 0.2) is 11.3 Å². The van der Waals surface area contributed by atoms with Crippen LogP contribution in [0.2, 0.25) is 0 Å². The lowest BCUT2D eigenvalue weighted by molar-refractivity contribution is -0.384. The third kappa shape index (κ3) is 6.07. The topological polar surface area (TPSA) is 124 Å². The van der Waals surface area contributed by atoms with E-state index in [1.54, 1.807) is 18.7 Å². The highest BCUT2D eigenvalue weighted by Gasteiger charge is 2.25. The second kappa shape index (κ2) is 11.6. The lowest BCUT2D eigenvalue weighted by Crippen LogP contribution is -2.47. The minimum absolute atomic E-state index is 0.116. The SMILES string of the molecule is CCOc1cccc2cc(C(C)NC(=O)C(CCSC)NC(=O)c3cccc([N+](=O)[O-])c3)oc12. The highest BCUT2D eigenvalue weighted by Crippen LogP contribution is 2.31. The van der Waals surface area contributed by atoms with E-state index in [1.807, 2.05) is 37.4 Å². The monoisotopic (exact) mass is 485 g/mol. The van der Waals surface area contributed by atoms with Gasteiger partial charge in [-0.05, 0) is 50.5 Å². The molecule has 0 bridgehead atoms. The van der Waals surface area contributed by atoms with Crippen LogP contribution in [0.25, 0.3) is 11.0 Å². The highest BCUT2D eigenvalue weighted by atomic mass is 32.2. The average molecular weight is 486 g/mol. The maximum atomic E-state index is 13.0. The van der Waals surface area contributed by atoms with Crippen molar-refractivity contribution in [2.45, 2.75) is 32.4 Å². The first kappa shape index (κ1) is 25.1. The number of carbonyl (C=O) groups excluding carboxylic acids is 2. The summed E-state index contributed by atoms with van der Waals surface area (Å²) in [6, 6.07) is 11.6. The molecule has 2 N–H and O–H groups in total. The molecule has 34 heavy (non-hydrogen) atoms. The number of ether oxygens (including phenoxy) is 1. The first-order chi connectivity index (χ1) is 16.3. The van der Waals surface area contributed by atoms with Crippen LogP contribution in [-0.4, -0.2) is 41.4 Å². The highest BCUT2D eigenvalue weighted by molar-refractivity contribution is 7.98. The molecule has 0 fully saturated rings. The van der Waals surface area contributed by atoms with Crippen LogP contribution in [0, 0.1) is 10.1 Å². The number of carbonyl (C=O) groups is 2. The maximum Gasteiger partial charge on any atom is 0.270 e. The van der Waals surface area contributed by atoms with Crippen molar-refractivity contribution < 1.29 is 23.7 Å². The number of nitrogens with zero attached hydrogens (tertiary/aromatic N) is 1. The van der Waals surface area contributed by atoms with Crippen molar-refractivity contribution in [2.75, 3.05) is 18.6 Å². The molecular formula is C24H27N3O6S. The Morgan fingerprint density at radius 3 is 2.65 bits per heavy atom. The van der Waals surface area contributed by atoms with Crippen molar-refractivity contribution in [3.8, 4) is 5.75 Å². The van der Waals surface area contributed by atoms with Crippen molar-refractivity contribution in [1.29, 1.82) is 0 Å². The van der Waals surface area contributed by atoms with E-state index < -0.39 is 22.9 Å². The smallest absolute Gasteiger partial charge is 0.270 e. The van der Waals surface area contributed by atoms with Crippen LogP contribution in [0.4, 0.5) is 5.69 Å². The van der Waals surface area contributed by atoms with E-state index in [9.17, 15) is 19.7 Å². The second-order valence-corrected chi connectivity index (χ2v) is 8.59. The van der Waals surface area contributed by atoms with Gasteiger partial charge in [-0.25, -0.2) is 0 Å². The number of nitro groups is 1. The van der Waals surface area contributed by atoms with Gasteiger partial charge in [-0.2, -0.15) is 11.8 Å². The average Bonchev–Trinajstić information content (AvgIpc) is 3.27. The number of amides is 2. The predicted molar refractivity (Wildman–Crippen MR) is 131 cm³/mol. The molecule has 2 amide bonds. The van der Waals surface area contributed by atoms with Crippen LogP contribution < -0.4 is 15.4 Å². The number of benzene rings is 2. The van der Waals surface area contributed by atoms with Crippen LogP contribution in [0.15, 0.2) is 52.9 Å². The Morgan fingerprint density at radius 2 is 1.94 bits per heavy atom. The van der Waals surface area contributed by atoms with Gasteiger partial charge in [-0.1, -0.05) is 18.2 Å². The van der Waals surface area contributed by atoms with Gasteiger partial charge in [-0.15, -0.1) is 0 Å². The van der Waals surface area contributed by atoms with Crippen molar-refractivity contribution in [3.05, 3.63) is 70.0 Å². The molecule has 0 spiro atoms. The van der Waals surface area contributed by atoms with Crippen molar-refractivity contribution in [2.24, 2.45) is 0 Å². The summed E-state index contributed by atoms with van der Waals surface area (Å²) < 4.78 is 11.6. The Bertz CT molecular complexity index is 1180. The van der Waals surface area contributed by atoms with Crippen molar-refractivity contribution >= 4 is 40.2 Å². The molecule has 0 aliphatic carbocycles. The molecule has 2 aromatic carbocycles. The van der Waals surface area contributed by atoms with Crippen LogP contribution in [0.5, 0.6) is 5.75 Å². The lowest BCUT2D eigenvalue weighted by Gasteiger charge is -2.20. The fourth-order valence-corrected chi connectivity index (χ4v) is 3.90. The van der Waals surface area contributed by atoms with Crippen molar-refractivity contribution in [3.63, 3.8) is 0 Å². The molecule has 0 radical (unpaired) electrons. The molecule has 1 heterocycles. The molecule has 3 rings (SSSR count). The van der Waals surface area contributed by atoms with E-state index in [-0.39, 0.29) is 17.2 Å². The Labute approximate surface area is 201 Å². The van der Waals surface area contributed by atoms with Crippen LogP contribution in [0.1, 0.15) is 42.4 Å². The van der Waals surface area contributed by atoms with E-state index in [2.05, 4.69) is 10.6 Å². The summed E-state index contributed by atoms with van der Waals surface area (Å²) in [6.45, 7) is 4.19. The van der Waals surface area contributed by atoms with Crippen LogP contribution >= 0.6 is 11.8 Å². The molecular weight excluding hydrogens is 458 g/mol. The van der Waals surface area contributed by atoms with E-state index in [0.717, 1.165) is 5.39 Å². The minimum atomic E-state index is -0.815. The summed E-state index contributed by atoms with van der Waals surface area (Å²) in [5.41, 5.74) is 0.533. The Hall–Kier alpha value is -3.53. The number of rotatable bonds is 11. The predicted octanol–water partition coefficient (Wildman–Crippen LogP) is 4.47. The molecule has 10 heteroatoms. The van der Waals surface area contributed by atoms with Gasteiger partial charge < -0.3 is 19.8 Å². The molecule has 9 nitrogen and oxygen atoms in total. The summed E-state index contributed by atoms with van der Waals surface area (Å²) in [4.78, 5) is 36.2. The fraction of sp³-hybridized carbons (Fsp3) is 0.333. The largest absolute Gasteiger partial charge is 0.490 e. The Kier molecular flexibility index (Phi) is 8.53. The number of thioether (sulfide) groups is 1. The van der Waals surface area contributed by atoms with Crippen LogP contribution in [0.3, 0.4) is 0 Å². The summed E-state index contributed by atoms with van der Waals surface area (Å²) in [5, 5.41) is 17.5. The summed E-state index contributed by atoms with van der Waals surface area (Å²) in [6.07, 6.45) is 2.30. The van der Waals surface area contributed by atoms with E-state index in [1.165, 1.54) is 24.3 Å². The summed E-state index contributed by atoms with van der Waals surface area (Å²) in [5.74, 6) is 0.911. The van der Waals surface area contributed by atoms with E-state index >= 15 is 0 Å². The first-order valence-corrected chi connectivity index (χ1v) is 12.2. The van der Waals surface area contributed by atoms with E-state index in [0.29, 0.717) is 35.9 Å². The Morgan fingerprint density at radius 1 is 1.18 bits per heavy atom. The number of non-ortho nitro benzene ring substituents is 1. The first-order valence-electron chi connectivity index (χ1n) is 10.8. The molecule has 2 unspecified atom stereocenters. The zero-order valence-corrected chi connectivity index (χ0v) is 20.0. The molecule has 1 aromatic heterocycles. The number of nitro benzene ring substituents is 1. The Balaban J connectivity index is 1.74. The third-order valence-corrected chi connectivity index (χ3v) is 5.81. The van der Waals surface area contributed by atoms with E-state index in [4.69, 9.17) is 9.15 Å². The number of furan rings is 1. The number of nitrogens with one attached hydrogen (secondary N) is 2. The molecule has 2 atom stereocenters. The zero-order chi connectivity index (χ0) is 24.7. The van der Waals surface area contributed by atoms with Crippen molar-refractivity contribution in [1.82, 2.24) is 10.6 Å². The molecule has 180 valence electrons. The zero-order valence-electron chi connectivity index (χ0n) is 19.2. The van der Waals surface area contributed by atoms with Gasteiger partial charge >= 0.3 is 0 Å².